The summed E-state index contributed by atoms with van der Waals surface area (Å²) in [5.41, 5.74) is 0.713. The van der Waals surface area contributed by atoms with E-state index in [-0.39, 0.29) is 11.1 Å². The minimum atomic E-state index is -0.527. The summed E-state index contributed by atoms with van der Waals surface area (Å²) in [4.78, 5) is 20.4. The maximum atomic E-state index is 11.3. The van der Waals surface area contributed by atoms with Gasteiger partial charge >= 0.3 is 5.69 Å². The van der Waals surface area contributed by atoms with Crippen molar-refractivity contribution >= 4 is 5.82 Å². The van der Waals surface area contributed by atoms with E-state index in [0.717, 1.165) is 5.56 Å². The predicted molar refractivity (Wildman–Crippen MR) is 71.9 cm³/mol. The van der Waals surface area contributed by atoms with E-state index in [1.165, 1.54) is 6.07 Å². The van der Waals surface area contributed by atoms with E-state index in [9.17, 15) is 4.79 Å². The highest BCUT2D eigenvalue weighted by atomic mass is 16.1. The monoisotopic (exact) mass is 257 g/mol. The first-order valence-corrected chi connectivity index (χ1v) is 5.90. The number of rotatable bonds is 4. The Morgan fingerprint density at radius 1 is 1.53 bits per heavy atom. The Balaban J connectivity index is 2.13. The molecule has 2 heterocycles. The van der Waals surface area contributed by atoms with Gasteiger partial charge in [-0.05, 0) is 11.6 Å². The van der Waals surface area contributed by atoms with Crippen LogP contribution in [0.4, 0.5) is 5.82 Å². The minimum Gasteiger partial charge on any atom is -0.369 e. The third kappa shape index (κ3) is 3.01. The topological polar surface area (TPSA) is 97.4 Å². The van der Waals surface area contributed by atoms with Crippen LogP contribution in [-0.4, -0.2) is 21.5 Å². The smallest absolute Gasteiger partial charge is 0.347 e. The number of nitriles is 1. The van der Waals surface area contributed by atoms with Crippen molar-refractivity contribution in [1.29, 1.82) is 5.26 Å². The van der Waals surface area contributed by atoms with Crippen molar-refractivity contribution in [2.45, 2.75) is 19.3 Å². The van der Waals surface area contributed by atoms with Crippen molar-refractivity contribution in [2.24, 2.45) is 0 Å². The van der Waals surface area contributed by atoms with Gasteiger partial charge < -0.3 is 10.3 Å². The van der Waals surface area contributed by atoms with E-state index in [0.29, 0.717) is 12.4 Å². The van der Waals surface area contributed by atoms with Crippen LogP contribution >= 0.6 is 0 Å². The highest BCUT2D eigenvalue weighted by Gasteiger charge is 2.21. The molecular weight excluding hydrogens is 242 g/mol. The summed E-state index contributed by atoms with van der Waals surface area (Å²) in [6, 6.07) is 5.42. The average molecular weight is 257 g/mol. The normalized spacial score (nSPS) is 11.0. The van der Waals surface area contributed by atoms with Crippen LogP contribution < -0.4 is 11.0 Å². The van der Waals surface area contributed by atoms with Gasteiger partial charge in [-0.1, -0.05) is 13.8 Å². The lowest BCUT2D eigenvalue weighted by Crippen LogP contribution is -2.28. The Morgan fingerprint density at radius 2 is 2.32 bits per heavy atom. The lowest BCUT2D eigenvalue weighted by atomic mass is 9.86. The molecule has 0 atom stereocenters. The van der Waals surface area contributed by atoms with Crippen LogP contribution in [0.3, 0.4) is 0 Å². The van der Waals surface area contributed by atoms with E-state index < -0.39 is 5.69 Å². The standard InChI is InChI=1S/C13H15N5O/c1-13(2,9-3-4-15-7-9)8-16-11-5-10(6-14)17-12(19)18-11/h3-5,7,15H,8H2,1-2H3,(H2,16,17,18,19). The largest absolute Gasteiger partial charge is 0.369 e. The predicted octanol–water partition coefficient (Wildman–Crippen LogP) is 1.36. The Kier molecular flexibility index (Phi) is 3.38. The molecule has 0 amide bonds. The van der Waals surface area contributed by atoms with Gasteiger partial charge in [0, 0.05) is 30.4 Å². The molecule has 0 fully saturated rings. The molecule has 0 aliphatic rings. The SMILES string of the molecule is CC(C)(CNc1cc(C#N)[nH]c(=O)n1)c1cc[nH]c1. The number of aromatic amines is 2. The zero-order chi connectivity index (χ0) is 13.9. The van der Waals surface area contributed by atoms with Crippen LogP contribution in [0.1, 0.15) is 25.1 Å². The molecule has 98 valence electrons. The van der Waals surface area contributed by atoms with Crippen molar-refractivity contribution in [3.63, 3.8) is 0 Å². The number of hydrogen-bond donors (Lipinski definition) is 3. The molecule has 0 saturated carbocycles. The highest BCUT2D eigenvalue weighted by molar-refractivity contribution is 5.39. The van der Waals surface area contributed by atoms with Crippen LogP contribution in [0.25, 0.3) is 0 Å². The first-order valence-electron chi connectivity index (χ1n) is 5.90. The van der Waals surface area contributed by atoms with Gasteiger partial charge in [-0.15, -0.1) is 0 Å². The van der Waals surface area contributed by atoms with Gasteiger partial charge in [0.05, 0.1) is 0 Å². The number of nitrogens with one attached hydrogen (secondary N) is 3. The first kappa shape index (κ1) is 12.9. The zero-order valence-corrected chi connectivity index (χ0v) is 10.8. The number of aromatic nitrogens is 3. The molecule has 2 aromatic rings. The summed E-state index contributed by atoms with van der Waals surface area (Å²) in [5, 5.41) is 11.9. The second kappa shape index (κ2) is 4.98. The van der Waals surface area contributed by atoms with E-state index in [1.54, 1.807) is 0 Å². The average Bonchev–Trinajstić information content (AvgIpc) is 2.90. The number of H-pyrrole nitrogens is 2. The number of nitrogens with zero attached hydrogens (tertiary/aromatic N) is 2. The third-order valence-corrected chi connectivity index (χ3v) is 2.96. The zero-order valence-electron chi connectivity index (χ0n) is 10.8. The number of hydrogen-bond acceptors (Lipinski definition) is 4. The molecule has 0 aromatic carbocycles. The van der Waals surface area contributed by atoms with Crippen molar-refractivity contribution in [3.8, 4) is 6.07 Å². The van der Waals surface area contributed by atoms with E-state index >= 15 is 0 Å². The van der Waals surface area contributed by atoms with Gasteiger partial charge in [-0.25, -0.2) is 4.79 Å². The first-order chi connectivity index (χ1) is 9.01. The fourth-order valence-electron chi connectivity index (χ4n) is 1.77. The van der Waals surface area contributed by atoms with Crippen LogP contribution in [-0.2, 0) is 5.41 Å². The van der Waals surface area contributed by atoms with Crippen molar-refractivity contribution in [2.75, 3.05) is 11.9 Å². The van der Waals surface area contributed by atoms with Crippen LogP contribution in [0.2, 0.25) is 0 Å². The summed E-state index contributed by atoms with van der Waals surface area (Å²) >= 11 is 0. The highest BCUT2D eigenvalue weighted by Crippen LogP contribution is 2.22. The molecule has 0 bridgehead atoms. The Labute approximate surface area is 110 Å². The summed E-state index contributed by atoms with van der Waals surface area (Å²) in [6.45, 7) is 4.77. The Hall–Kier alpha value is -2.55. The lowest BCUT2D eigenvalue weighted by molar-refractivity contribution is 0.556. The molecule has 3 N–H and O–H groups in total. The molecule has 0 aliphatic heterocycles. The summed E-state index contributed by atoms with van der Waals surface area (Å²) in [7, 11) is 0. The second-order valence-corrected chi connectivity index (χ2v) is 4.93. The van der Waals surface area contributed by atoms with Gasteiger partial charge in [0.2, 0.25) is 0 Å². The molecule has 2 rings (SSSR count). The Bertz CT molecular complexity index is 648. The van der Waals surface area contributed by atoms with Crippen LogP contribution in [0.15, 0.2) is 29.3 Å². The number of anilines is 1. The molecule has 0 aliphatic carbocycles. The molecule has 6 nitrogen and oxygen atoms in total. The minimum absolute atomic E-state index is 0.114. The molecule has 2 aromatic heterocycles. The summed E-state index contributed by atoms with van der Waals surface area (Å²) in [5.74, 6) is 0.406. The quantitative estimate of drug-likeness (QED) is 0.770. The van der Waals surface area contributed by atoms with Crippen molar-refractivity contribution in [1.82, 2.24) is 15.0 Å². The third-order valence-electron chi connectivity index (χ3n) is 2.96. The van der Waals surface area contributed by atoms with Crippen LogP contribution in [0, 0.1) is 11.3 Å². The maximum Gasteiger partial charge on any atom is 0.347 e. The van der Waals surface area contributed by atoms with Gasteiger partial charge in [0.15, 0.2) is 0 Å². The molecule has 0 radical (unpaired) electrons. The molecular formula is C13H15N5O. The molecule has 19 heavy (non-hydrogen) atoms. The Morgan fingerprint density at radius 3 is 2.95 bits per heavy atom. The molecule has 0 saturated heterocycles. The fraction of sp³-hybridized carbons (Fsp3) is 0.308. The lowest BCUT2D eigenvalue weighted by Gasteiger charge is -2.24. The molecule has 0 spiro atoms. The van der Waals surface area contributed by atoms with Gasteiger partial charge in [0.25, 0.3) is 0 Å². The fourth-order valence-corrected chi connectivity index (χ4v) is 1.77. The van der Waals surface area contributed by atoms with Crippen molar-refractivity contribution < 1.29 is 0 Å². The van der Waals surface area contributed by atoms with Crippen molar-refractivity contribution in [3.05, 3.63) is 46.3 Å². The van der Waals surface area contributed by atoms with Gasteiger partial charge in [0.1, 0.15) is 17.6 Å². The molecule has 6 heteroatoms. The van der Waals surface area contributed by atoms with E-state index in [4.69, 9.17) is 5.26 Å². The second-order valence-electron chi connectivity index (χ2n) is 4.93. The summed E-state index contributed by atoms with van der Waals surface area (Å²) < 4.78 is 0. The van der Waals surface area contributed by atoms with Gasteiger partial charge in [-0.2, -0.15) is 10.2 Å². The maximum absolute atomic E-state index is 11.3. The van der Waals surface area contributed by atoms with E-state index in [1.807, 2.05) is 24.5 Å². The van der Waals surface area contributed by atoms with E-state index in [2.05, 4.69) is 34.1 Å². The van der Waals surface area contributed by atoms with Crippen LogP contribution in [0.5, 0.6) is 0 Å². The summed E-state index contributed by atoms with van der Waals surface area (Å²) in [6.07, 6.45) is 3.81. The van der Waals surface area contributed by atoms with Gasteiger partial charge in [-0.3, -0.25) is 4.98 Å². The molecule has 0 unspecified atom stereocenters.